The second-order valence-corrected chi connectivity index (χ2v) is 4.18. The highest BCUT2D eigenvalue weighted by atomic mass is 35.5. The number of anilines is 1. The first-order valence-electron chi connectivity index (χ1n) is 5.44. The number of nitrogens with zero attached hydrogens (tertiary/aromatic N) is 1. The third-order valence-electron chi connectivity index (χ3n) is 2.54. The molecule has 1 heterocycles. The van der Waals surface area contributed by atoms with Crippen LogP contribution in [-0.2, 0) is 6.42 Å². The molecular formula is C12H12ClN3O2. The Labute approximate surface area is 109 Å². The van der Waals surface area contributed by atoms with E-state index in [-0.39, 0.29) is 11.3 Å². The lowest BCUT2D eigenvalue weighted by Gasteiger charge is -2.06. The van der Waals surface area contributed by atoms with Gasteiger partial charge in [0.2, 0.25) is 0 Å². The molecule has 3 N–H and O–H groups in total. The van der Waals surface area contributed by atoms with Gasteiger partial charge in [-0.15, -0.1) is 0 Å². The number of aryl methyl sites for hydroxylation is 1. The maximum atomic E-state index is 12.0. The Morgan fingerprint density at radius 2 is 2.33 bits per heavy atom. The monoisotopic (exact) mass is 265 g/mol. The Morgan fingerprint density at radius 3 is 3.06 bits per heavy atom. The standard InChI is InChI=1S/C12H12ClN3O2/c1-2-7-6-14-16-11(7)15-12(18)9-5-8(13)3-4-10(9)17/h3-6,17H,2H2,1H3,(H2,14,15,16,18). The van der Waals surface area contributed by atoms with Gasteiger partial charge >= 0.3 is 0 Å². The Bertz CT molecular complexity index is 580. The molecule has 94 valence electrons. The number of phenols is 1. The molecule has 6 heteroatoms. The number of rotatable bonds is 3. The van der Waals surface area contributed by atoms with Crippen molar-refractivity contribution >= 4 is 23.3 Å². The zero-order chi connectivity index (χ0) is 13.1. The van der Waals surface area contributed by atoms with Crippen molar-refractivity contribution in [3.05, 3.63) is 40.5 Å². The Balaban J connectivity index is 2.25. The van der Waals surface area contributed by atoms with Crippen LogP contribution in [0.4, 0.5) is 5.82 Å². The first kappa shape index (κ1) is 12.4. The van der Waals surface area contributed by atoms with Crippen LogP contribution in [0, 0.1) is 0 Å². The second-order valence-electron chi connectivity index (χ2n) is 3.74. The molecular weight excluding hydrogens is 254 g/mol. The predicted molar refractivity (Wildman–Crippen MR) is 69.0 cm³/mol. The fourth-order valence-corrected chi connectivity index (χ4v) is 1.73. The molecule has 2 aromatic rings. The number of H-pyrrole nitrogens is 1. The molecule has 0 aliphatic heterocycles. The van der Waals surface area contributed by atoms with Crippen molar-refractivity contribution in [3.8, 4) is 5.75 Å². The topological polar surface area (TPSA) is 78.0 Å². The van der Waals surface area contributed by atoms with Crippen LogP contribution < -0.4 is 5.32 Å². The molecule has 1 amide bonds. The first-order chi connectivity index (χ1) is 8.61. The minimum absolute atomic E-state index is 0.116. The molecule has 0 fully saturated rings. The molecule has 0 aliphatic rings. The zero-order valence-electron chi connectivity index (χ0n) is 9.70. The van der Waals surface area contributed by atoms with E-state index in [0.717, 1.165) is 12.0 Å². The van der Waals surface area contributed by atoms with E-state index in [1.807, 2.05) is 6.92 Å². The number of benzene rings is 1. The van der Waals surface area contributed by atoms with Crippen molar-refractivity contribution in [1.82, 2.24) is 10.2 Å². The third-order valence-corrected chi connectivity index (χ3v) is 2.78. The molecule has 0 atom stereocenters. The summed E-state index contributed by atoms with van der Waals surface area (Å²) < 4.78 is 0. The lowest BCUT2D eigenvalue weighted by Crippen LogP contribution is -2.13. The van der Waals surface area contributed by atoms with Gasteiger partial charge in [-0.05, 0) is 24.6 Å². The Morgan fingerprint density at radius 1 is 1.56 bits per heavy atom. The number of aromatic hydroxyl groups is 1. The molecule has 0 bridgehead atoms. The van der Waals surface area contributed by atoms with Crippen LogP contribution in [0.25, 0.3) is 0 Å². The van der Waals surface area contributed by atoms with Crippen molar-refractivity contribution in [1.29, 1.82) is 0 Å². The number of aromatic nitrogens is 2. The van der Waals surface area contributed by atoms with Gasteiger partial charge in [-0.1, -0.05) is 18.5 Å². The minimum Gasteiger partial charge on any atom is -0.507 e. The van der Waals surface area contributed by atoms with Crippen molar-refractivity contribution < 1.29 is 9.90 Å². The lowest BCUT2D eigenvalue weighted by molar-refractivity contribution is 0.102. The van der Waals surface area contributed by atoms with Crippen LogP contribution in [0.5, 0.6) is 5.75 Å². The Hall–Kier alpha value is -2.01. The van der Waals surface area contributed by atoms with Gasteiger partial charge in [-0.2, -0.15) is 5.10 Å². The van der Waals surface area contributed by atoms with E-state index in [9.17, 15) is 9.90 Å². The van der Waals surface area contributed by atoms with E-state index in [2.05, 4.69) is 15.5 Å². The van der Waals surface area contributed by atoms with Crippen LogP contribution in [-0.4, -0.2) is 21.2 Å². The molecule has 5 nitrogen and oxygen atoms in total. The number of aromatic amines is 1. The smallest absolute Gasteiger partial charge is 0.260 e. The molecule has 1 aromatic carbocycles. The Kier molecular flexibility index (Phi) is 3.53. The molecule has 0 saturated carbocycles. The van der Waals surface area contributed by atoms with Gasteiger partial charge in [0.15, 0.2) is 0 Å². The van der Waals surface area contributed by atoms with Crippen molar-refractivity contribution in [2.45, 2.75) is 13.3 Å². The zero-order valence-corrected chi connectivity index (χ0v) is 10.5. The van der Waals surface area contributed by atoms with E-state index >= 15 is 0 Å². The molecule has 0 aliphatic carbocycles. The first-order valence-corrected chi connectivity index (χ1v) is 5.81. The highest BCUT2D eigenvalue weighted by Crippen LogP contribution is 2.23. The number of amides is 1. The van der Waals surface area contributed by atoms with E-state index < -0.39 is 5.91 Å². The van der Waals surface area contributed by atoms with Gasteiger partial charge in [0.25, 0.3) is 5.91 Å². The van der Waals surface area contributed by atoms with E-state index in [4.69, 9.17) is 11.6 Å². The third kappa shape index (κ3) is 2.46. The summed E-state index contributed by atoms with van der Waals surface area (Å²) in [6.45, 7) is 1.96. The largest absolute Gasteiger partial charge is 0.507 e. The number of hydrogen-bond donors (Lipinski definition) is 3. The molecule has 0 spiro atoms. The van der Waals surface area contributed by atoms with Gasteiger partial charge in [0.1, 0.15) is 11.6 Å². The SMILES string of the molecule is CCc1cn[nH]c1NC(=O)c1cc(Cl)ccc1O. The summed E-state index contributed by atoms with van der Waals surface area (Å²) in [4.78, 5) is 12.0. The summed E-state index contributed by atoms with van der Waals surface area (Å²) in [5.74, 6) is -0.0229. The number of nitrogens with one attached hydrogen (secondary N) is 2. The molecule has 1 aromatic heterocycles. The van der Waals surface area contributed by atoms with Gasteiger partial charge in [-0.3, -0.25) is 9.89 Å². The van der Waals surface area contributed by atoms with Crippen LogP contribution >= 0.6 is 11.6 Å². The van der Waals surface area contributed by atoms with Gasteiger partial charge in [-0.25, -0.2) is 0 Å². The summed E-state index contributed by atoms with van der Waals surface area (Å²) in [5.41, 5.74) is 1.02. The number of hydrogen-bond acceptors (Lipinski definition) is 3. The summed E-state index contributed by atoms with van der Waals surface area (Å²) in [5, 5.41) is 19.2. The molecule has 0 saturated heterocycles. The predicted octanol–water partition coefficient (Wildman–Crippen LogP) is 2.58. The average Bonchev–Trinajstić information content (AvgIpc) is 2.79. The van der Waals surface area contributed by atoms with E-state index in [1.54, 1.807) is 6.20 Å². The summed E-state index contributed by atoms with van der Waals surface area (Å²) in [6.07, 6.45) is 2.39. The van der Waals surface area contributed by atoms with Gasteiger partial charge < -0.3 is 10.4 Å². The average molecular weight is 266 g/mol. The fourth-order valence-electron chi connectivity index (χ4n) is 1.56. The van der Waals surface area contributed by atoms with Crippen LogP contribution in [0.2, 0.25) is 5.02 Å². The maximum absolute atomic E-state index is 12.0. The maximum Gasteiger partial charge on any atom is 0.260 e. The van der Waals surface area contributed by atoms with Crippen LogP contribution in [0.15, 0.2) is 24.4 Å². The molecule has 0 radical (unpaired) electrons. The molecule has 0 unspecified atom stereocenters. The summed E-state index contributed by atoms with van der Waals surface area (Å²) in [6, 6.07) is 4.31. The van der Waals surface area contributed by atoms with E-state index in [0.29, 0.717) is 10.8 Å². The van der Waals surface area contributed by atoms with Crippen molar-refractivity contribution in [2.24, 2.45) is 0 Å². The van der Waals surface area contributed by atoms with Crippen molar-refractivity contribution in [2.75, 3.05) is 5.32 Å². The summed E-state index contributed by atoms with van der Waals surface area (Å²) in [7, 11) is 0. The molecule has 18 heavy (non-hydrogen) atoms. The summed E-state index contributed by atoms with van der Waals surface area (Å²) >= 11 is 5.79. The lowest BCUT2D eigenvalue weighted by atomic mass is 10.2. The molecule has 2 rings (SSSR count). The van der Waals surface area contributed by atoms with E-state index in [1.165, 1.54) is 18.2 Å². The number of carbonyl (C=O) groups excluding carboxylic acids is 1. The minimum atomic E-state index is -0.436. The quantitative estimate of drug-likeness (QED) is 0.798. The van der Waals surface area contributed by atoms with Gasteiger partial charge in [0.05, 0.1) is 11.8 Å². The second kappa shape index (κ2) is 5.10. The highest BCUT2D eigenvalue weighted by Gasteiger charge is 2.14. The number of phenolic OH excluding ortho intramolecular Hbond substituents is 1. The highest BCUT2D eigenvalue weighted by molar-refractivity contribution is 6.31. The van der Waals surface area contributed by atoms with Crippen molar-refractivity contribution in [3.63, 3.8) is 0 Å². The normalized spacial score (nSPS) is 10.3. The number of halogens is 1. The number of carbonyl (C=O) groups is 1. The van der Waals surface area contributed by atoms with Gasteiger partial charge in [0, 0.05) is 10.6 Å². The van der Waals surface area contributed by atoms with Crippen LogP contribution in [0.3, 0.4) is 0 Å². The van der Waals surface area contributed by atoms with Crippen LogP contribution in [0.1, 0.15) is 22.8 Å². The fraction of sp³-hybridized carbons (Fsp3) is 0.167.